The van der Waals surface area contributed by atoms with Crippen LogP contribution in [0.3, 0.4) is 0 Å². The number of rotatable bonds is 3. The maximum atomic E-state index is 10.0. The Morgan fingerprint density at radius 3 is 2.67 bits per heavy atom. The van der Waals surface area contributed by atoms with E-state index in [0.29, 0.717) is 11.9 Å². The van der Waals surface area contributed by atoms with Crippen LogP contribution in [0, 0.1) is 0 Å². The normalized spacial score (nSPS) is 11.9. The van der Waals surface area contributed by atoms with Crippen molar-refractivity contribution in [3.8, 4) is 0 Å². The Kier molecular flexibility index (Phi) is 4.22. The van der Waals surface area contributed by atoms with Crippen LogP contribution < -0.4 is 0 Å². The summed E-state index contributed by atoms with van der Waals surface area (Å²) in [6.45, 7) is 3.18. The maximum absolute atomic E-state index is 10.0. The molecule has 0 aromatic rings. The number of nitrogens with zero attached hydrogens (tertiary/aromatic N) is 2. The SMILES string of the molecule is C=N/C=C(/C=O)C=NC. The topological polar surface area (TPSA) is 41.8 Å². The standard InChI is InChI=1S/C6H8N2O/c1-7-3-6(5-9)4-8-2/h3-5H,1H2,2H3/b6-3+,8-4?. The summed E-state index contributed by atoms with van der Waals surface area (Å²) in [5, 5.41) is 0. The van der Waals surface area contributed by atoms with E-state index in [1.807, 2.05) is 0 Å². The second kappa shape index (κ2) is 4.90. The zero-order chi connectivity index (χ0) is 7.11. The van der Waals surface area contributed by atoms with Crippen molar-refractivity contribution in [3.05, 3.63) is 11.8 Å². The van der Waals surface area contributed by atoms with Gasteiger partial charge >= 0.3 is 0 Å². The van der Waals surface area contributed by atoms with E-state index in [9.17, 15) is 4.79 Å². The van der Waals surface area contributed by atoms with E-state index in [4.69, 9.17) is 0 Å². The first-order valence-electron chi connectivity index (χ1n) is 2.38. The Morgan fingerprint density at radius 2 is 2.33 bits per heavy atom. The van der Waals surface area contributed by atoms with Crippen LogP contribution in [0.15, 0.2) is 21.8 Å². The molecule has 0 bridgehead atoms. The fraction of sp³-hybridized carbons (Fsp3) is 0.167. The molecule has 0 N–H and O–H groups in total. The first-order chi connectivity index (χ1) is 4.35. The summed E-state index contributed by atoms with van der Waals surface area (Å²) in [6, 6.07) is 0. The highest BCUT2D eigenvalue weighted by Gasteiger charge is 1.83. The van der Waals surface area contributed by atoms with E-state index in [-0.39, 0.29) is 0 Å². The van der Waals surface area contributed by atoms with Gasteiger partial charge in [0.2, 0.25) is 0 Å². The van der Waals surface area contributed by atoms with Gasteiger partial charge in [0.25, 0.3) is 0 Å². The summed E-state index contributed by atoms with van der Waals surface area (Å²) in [6.07, 6.45) is 3.43. The van der Waals surface area contributed by atoms with Gasteiger partial charge in [0.15, 0.2) is 6.29 Å². The third-order valence-corrected chi connectivity index (χ3v) is 0.655. The molecule has 3 heteroatoms. The molecule has 0 aromatic heterocycles. The zero-order valence-corrected chi connectivity index (χ0v) is 5.24. The number of carbonyl (C=O) groups excluding carboxylic acids is 1. The largest absolute Gasteiger partial charge is 0.298 e. The van der Waals surface area contributed by atoms with E-state index >= 15 is 0 Å². The molecule has 0 aliphatic rings. The minimum Gasteiger partial charge on any atom is -0.298 e. The van der Waals surface area contributed by atoms with Crippen LogP contribution in [0.1, 0.15) is 0 Å². The van der Waals surface area contributed by atoms with Gasteiger partial charge < -0.3 is 0 Å². The summed E-state index contributed by atoms with van der Waals surface area (Å²) < 4.78 is 0. The minimum atomic E-state index is 0.424. The second-order valence-electron chi connectivity index (χ2n) is 1.32. The van der Waals surface area contributed by atoms with Crippen molar-refractivity contribution in [2.24, 2.45) is 9.98 Å². The molecule has 0 saturated carbocycles. The first kappa shape index (κ1) is 7.75. The molecule has 0 unspecified atom stereocenters. The van der Waals surface area contributed by atoms with Crippen molar-refractivity contribution >= 4 is 19.2 Å². The lowest BCUT2D eigenvalue weighted by Gasteiger charge is -1.80. The highest BCUT2D eigenvalue weighted by molar-refractivity contribution is 6.01. The Morgan fingerprint density at radius 1 is 1.67 bits per heavy atom. The van der Waals surface area contributed by atoms with E-state index in [2.05, 4.69) is 16.7 Å². The Bertz CT molecular complexity index is 158. The lowest BCUT2D eigenvalue weighted by Crippen LogP contribution is -1.83. The maximum Gasteiger partial charge on any atom is 0.153 e. The molecule has 0 amide bonds. The highest BCUT2D eigenvalue weighted by Crippen LogP contribution is 1.83. The molecule has 0 spiro atoms. The molecule has 0 aliphatic carbocycles. The van der Waals surface area contributed by atoms with Gasteiger partial charge in [0.05, 0.1) is 5.57 Å². The molecule has 0 rings (SSSR count). The number of aldehydes is 1. The number of hydrogen-bond donors (Lipinski definition) is 0. The fourth-order valence-electron chi connectivity index (χ4n) is 0.349. The average Bonchev–Trinajstić information content (AvgIpc) is 1.88. The smallest absolute Gasteiger partial charge is 0.153 e. The Balaban J connectivity index is 4.13. The van der Waals surface area contributed by atoms with Crippen LogP contribution in [-0.4, -0.2) is 26.3 Å². The van der Waals surface area contributed by atoms with E-state index in [0.717, 1.165) is 0 Å². The van der Waals surface area contributed by atoms with Crippen molar-refractivity contribution in [2.75, 3.05) is 7.05 Å². The predicted octanol–water partition coefficient (Wildman–Crippen LogP) is 0.470. The minimum absolute atomic E-state index is 0.424. The van der Waals surface area contributed by atoms with Gasteiger partial charge in [-0.15, -0.1) is 0 Å². The molecule has 0 aromatic carbocycles. The van der Waals surface area contributed by atoms with Crippen molar-refractivity contribution in [1.82, 2.24) is 0 Å². The summed E-state index contributed by atoms with van der Waals surface area (Å²) in [5.41, 5.74) is 0.424. The van der Waals surface area contributed by atoms with Crippen molar-refractivity contribution in [1.29, 1.82) is 0 Å². The van der Waals surface area contributed by atoms with E-state index < -0.39 is 0 Å². The summed E-state index contributed by atoms with van der Waals surface area (Å²) in [7, 11) is 1.58. The molecule has 0 saturated heterocycles. The van der Waals surface area contributed by atoms with Crippen LogP contribution in [0.2, 0.25) is 0 Å². The number of aliphatic imine (C=N–C) groups is 2. The summed E-state index contributed by atoms with van der Waals surface area (Å²) >= 11 is 0. The van der Waals surface area contributed by atoms with Crippen LogP contribution in [-0.2, 0) is 4.79 Å². The lowest BCUT2D eigenvalue weighted by atomic mass is 10.3. The molecule has 48 valence electrons. The molecule has 0 atom stereocenters. The van der Waals surface area contributed by atoms with E-state index in [1.54, 1.807) is 7.05 Å². The van der Waals surface area contributed by atoms with Gasteiger partial charge in [-0.1, -0.05) is 0 Å². The monoisotopic (exact) mass is 124 g/mol. The van der Waals surface area contributed by atoms with Crippen LogP contribution in [0.25, 0.3) is 0 Å². The Hall–Kier alpha value is -1.25. The van der Waals surface area contributed by atoms with Crippen LogP contribution >= 0.6 is 0 Å². The molecule has 0 aliphatic heterocycles. The first-order valence-corrected chi connectivity index (χ1v) is 2.38. The van der Waals surface area contributed by atoms with Gasteiger partial charge in [-0.3, -0.25) is 14.8 Å². The fourth-order valence-corrected chi connectivity index (χ4v) is 0.349. The van der Waals surface area contributed by atoms with Crippen molar-refractivity contribution < 1.29 is 4.79 Å². The Labute approximate surface area is 53.8 Å². The van der Waals surface area contributed by atoms with Crippen LogP contribution in [0.5, 0.6) is 0 Å². The third-order valence-electron chi connectivity index (χ3n) is 0.655. The molecule has 3 nitrogen and oxygen atoms in total. The summed E-state index contributed by atoms with van der Waals surface area (Å²) in [5.74, 6) is 0. The second-order valence-corrected chi connectivity index (χ2v) is 1.32. The van der Waals surface area contributed by atoms with Gasteiger partial charge in [-0.2, -0.15) is 0 Å². The van der Waals surface area contributed by atoms with Gasteiger partial charge in [0.1, 0.15) is 0 Å². The molecule has 0 fully saturated rings. The molecule has 0 heterocycles. The number of hydrogen-bond acceptors (Lipinski definition) is 3. The molecule has 0 radical (unpaired) electrons. The molecular formula is C6H8N2O. The van der Waals surface area contributed by atoms with Gasteiger partial charge in [-0.05, 0) is 6.72 Å². The van der Waals surface area contributed by atoms with Crippen LogP contribution in [0.4, 0.5) is 0 Å². The predicted molar refractivity (Wildman–Crippen MR) is 38.1 cm³/mol. The van der Waals surface area contributed by atoms with Gasteiger partial charge in [0, 0.05) is 19.5 Å². The number of allylic oxidation sites excluding steroid dienone is 1. The molecular weight excluding hydrogens is 116 g/mol. The average molecular weight is 124 g/mol. The summed E-state index contributed by atoms with van der Waals surface area (Å²) in [4.78, 5) is 17.0. The lowest BCUT2D eigenvalue weighted by molar-refractivity contribution is -0.104. The van der Waals surface area contributed by atoms with E-state index in [1.165, 1.54) is 12.4 Å². The van der Waals surface area contributed by atoms with Crippen molar-refractivity contribution in [2.45, 2.75) is 0 Å². The molecule has 9 heavy (non-hydrogen) atoms. The third kappa shape index (κ3) is 3.34. The van der Waals surface area contributed by atoms with Crippen molar-refractivity contribution in [3.63, 3.8) is 0 Å². The highest BCUT2D eigenvalue weighted by atomic mass is 16.1. The zero-order valence-electron chi connectivity index (χ0n) is 5.24. The number of carbonyl (C=O) groups is 1. The van der Waals surface area contributed by atoms with Gasteiger partial charge in [-0.25, -0.2) is 0 Å². The quantitative estimate of drug-likeness (QED) is 0.306.